The number of aromatic nitrogens is 4. The zero-order chi connectivity index (χ0) is 22.2. The average Bonchev–Trinajstić information content (AvgIpc) is 3.18. The van der Waals surface area contributed by atoms with E-state index in [-0.39, 0.29) is 5.82 Å². The molecule has 31 heavy (non-hydrogen) atoms. The number of aromatic amines is 1. The lowest BCUT2D eigenvalue weighted by molar-refractivity contribution is 0.243. The fraction of sp³-hybridized carbons (Fsp3) is 0.182. The highest BCUT2D eigenvalue weighted by Gasteiger charge is 2.21. The molecule has 0 saturated heterocycles. The molecule has 0 radical (unpaired) electrons. The van der Waals surface area contributed by atoms with Crippen molar-refractivity contribution < 1.29 is 9.90 Å². The summed E-state index contributed by atoms with van der Waals surface area (Å²) in [4.78, 5) is 21.2. The van der Waals surface area contributed by atoms with Crippen LogP contribution in [0.25, 0.3) is 33.4 Å². The number of anilines is 1. The lowest BCUT2D eigenvalue weighted by Gasteiger charge is -2.21. The first-order valence-corrected chi connectivity index (χ1v) is 9.97. The van der Waals surface area contributed by atoms with Gasteiger partial charge in [0.25, 0.3) is 5.88 Å². The number of nitrogens with zero attached hydrogens (tertiary/aromatic N) is 3. The van der Waals surface area contributed by atoms with Crippen LogP contribution in [0, 0.1) is 0 Å². The Hall–Kier alpha value is -3.65. The first-order valence-electron chi connectivity index (χ1n) is 9.60. The number of nitrogens with one attached hydrogen (secondary N) is 3. The van der Waals surface area contributed by atoms with E-state index in [2.05, 4.69) is 30.8 Å². The first-order chi connectivity index (χ1) is 14.7. The third kappa shape index (κ3) is 4.44. The van der Waals surface area contributed by atoms with E-state index in [4.69, 9.17) is 11.6 Å². The highest BCUT2D eigenvalue weighted by atomic mass is 35.5. The van der Waals surface area contributed by atoms with Crippen LogP contribution in [-0.2, 0) is 0 Å². The van der Waals surface area contributed by atoms with Crippen LogP contribution in [0.5, 0.6) is 5.88 Å². The summed E-state index contributed by atoms with van der Waals surface area (Å²) in [6.07, 6.45) is 1.66. The Morgan fingerprint density at radius 1 is 1.06 bits per heavy atom. The van der Waals surface area contributed by atoms with Gasteiger partial charge >= 0.3 is 6.03 Å². The minimum atomic E-state index is -0.494. The molecule has 0 fully saturated rings. The number of benzene rings is 2. The van der Waals surface area contributed by atoms with Crippen LogP contribution < -0.4 is 10.6 Å². The van der Waals surface area contributed by atoms with Gasteiger partial charge in [0.15, 0.2) is 5.82 Å². The number of rotatable bonds is 3. The third-order valence-corrected chi connectivity index (χ3v) is 4.72. The lowest BCUT2D eigenvalue weighted by Crippen LogP contribution is -2.43. The number of halogens is 1. The summed E-state index contributed by atoms with van der Waals surface area (Å²) in [5.41, 5.74) is 2.60. The van der Waals surface area contributed by atoms with Gasteiger partial charge in [0.05, 0.1) is 22.4 Å². The predicted molar refractivity (Wildman–Crippen MR) is 121 cm³/mol. The minimum Gasteiger partial charge on any atom is -0.491 e. The van der Waals surface area contributed by atoms with Gasteiger partial charge in [0.1, 0.15) is 5.69 Å². The van der Waals surface area contributed by atoms with Crippen molar-refractivity contribution in [3.05, 3.63) is 53.7 Å². The zero-order valence-corrected chi connectivity index (χ0v) is 17.9. The second-order valence-corrected chi connectivity index (χ2v) is 8.49. The number of aromatic hydroxyl groups is 1. The van der Waals surface area contributed by atoms with Crippen LogP contribution in [0.3, 0.4) is 0 Å². The molecule has 4 aromatic rings. The van der Waals surface area contributed by atoms with Gasteiger partial charge in [-0.2, -0.15) is 5.10 Å². The van der Waals surface area contributed by atoms with Crippen LogP contribution >= 0.6 is 11.6 Å². The fourth-order valence-electron chi connectivity index (χ4n) is 3.14. The van der Waals surface area contributed by atoms with Crippen molar-refractivity contribution >= 4 is 34.4 Å². The van der Waals surface area contributed by atoms with E-state index >= 15 is 0 Å². The molecule has 0 bridgehead atoms. The van der Waals surface area contributed by atoms with E-state index in [0.29, 0.717) is 27.5 Å². The molecule has 158 valence electrons. The maximum atomic E-state index is 12.3. The highest BCUT2D eigenvalue weighted by Crippen LogP contribution is 2.36. The smallest absolute Gasteiger partial charge is 0.320 e. The van der Waals surface area contributed by atoms with E-state index in [9.17, 15) is 9.90 Å². The summed E-state index contributed by atoms with van der Waals surface area (Å²) in [6.45, 7) is 5.56. The van der Waals surface area contributed by atoms with Gasteiger partial charge in [-0.1, -0.05) is 41.9 Å². The molecule has 0 atom stereocenters. The summed E-state index contributed by atoms with van der Waals surface area (Å²) >= 11 is 6.41. The molecule has 2 aromatic heterocycles. The Morgan fingerprint density at radius 2 is 1.77 bits per heavy atom. The number of urea groups is 1. The summed E-state index contributed by atoms with van der Waals surface area (Å²) in [5, 5.41) is 24.0. The van der Waals surface area contributed by atoms with Gasteiger partial charge in [-0.3, -0.25) is 10.4 Å². The summed E-state index contributed by atoms with van der Waals surface area (Å²) in [5.74, 6) is -0.443. The Kier molecular flexibility index (Phi) is 5.24. The molecular weight excluding hydrogens is 416 g/mol. The maximum absolute atomic E-state index is 12.3. The quantitative estimate of drug-likeness (QED) is 0.362. The molecule has 9 heteroatoms. The van der Waals surface area contributed by atoms with Crippen molar-refractivity contribution in [1.82, 2.24) is 25.5 Å². The standard InChI is InChI=1S/C22H21ClN6O2/c1-22(2,3)28-21(31)27-19-20(30)26-18(17(25-19)12-7-5-4-6-8-12)13-9-14-11-24-29-16(14)15(23)10-13/h4-11H,1-3H3,(H,24,29)(H,26,30)(H2,25,27,28,31). The molecule has 8 nitrogen and oxygen atoms in total. The van der Waals surface area contributed by atoms with E-state index < -0.39 is 17.5 Å². The number of hydrogen-bond donors (Lipinski definition) is 4. The predicted octanol–water partition coefficient (Wildman–Crippen LogP) is 4.97. The number of H-pyrrole nitrogens is 1. The van der Waals surface area contributed by atoms with Gasteiger partial charge in [-0.05, 0) is 32.9 Å². The normalized spacial score (nSPS) is 11.5. The lowest BCUT2D eigenvalue weighted by atomic mass is 10.0. The minimum absolute atomic E-state index is 0.0418. The molecule has 0 spiro atoms. The average molecular weight is 437 g/mol. The highest BCUT2D eigenvalue weighted by molar-refractivity contribution is 6.35. The number of carbonyl (C=O) groups excluding carboxylic acids is 1. The van der Waals surface area contributed by atoms with E-state index in [1.807, 2.05) is 57.2 Å². The van der Waals surface area contributed by atoms with Gasteiger partial charge in [-0.25, -0.2) is 14.8 Å². The first kappa shape index (κ1) is 20.6. The second-order valence-electron chi connectivity index (χ2n) is 8.08. The van der Waals surface area contributed by atoms with Crippen molar-refractivity contribution in [2.75, 3.05) is 5.32 Å². The molecule has 0 aliphatic heterocycles. The Balaban J connectivity index is 1.85. The Labute approximate surface area is 183 Å². The molecule has 4 N–H and O–H groups in total. The molecule has 4 rings (SSSR count). The van der Waals surface area contributed by atoms with Crippen molar-refractivity contribution in [1.29, 1.82) is 0 Å². The van der Waals surface area contributed by atoms with Crippen LogP contribution in [0.1, 0.15) is 20.8 Å². The molecule has 0 saturated carbocycles. The van der Waals surface area contributed by atoms with Crippen LogP contribution in [0.2, 0.25) is 5.02 Å². The molecule has 0 aliphatic carbocycles. The van der Waals surface area contributed by atoms with E-state index in [0.717, 1.165) is 10.9 Å². The maximum Gasteiger partial charge on any atom is 0.320 e. The van der Waals surface area contributed by atoms with Crippen molar-refractivity contribution in [2.45, 2.75) is 26.3 Å². The Bertz CT molecular complexity index is 1260. The zero-order valence-electron chi connectivity index (χ0n) is 17.2. The third-order valence-electron chi connectivity index (χ3n) is 4.42. The van der Waals surface area contributed by atoms with Crippen molar-refractivity contribution in [3.8, 4) is 28.4 Å². The Morgan fingerprint density at radius 3 is 2.48 bits per heavy atom. The number of fused-ring (bicyclic) bond motifs is 1. The number of amides is 2. The molecule has 0 aliphatic rings. The van der Waals surface area contributed by atoms with Gasteiger partial charge < -0.3 is 10.4 Å². The summed E-state index contributed by atoms with van der Waals surface area (Å²) < 4.78 is 0. The van der Waals surface area contributed by atoms with Gasteiger partial charge in [-0.15, -0.1) is 0 Å². The molecule has 2 heterocycles. The molecule has 2 aromatic carbocycles. The fourth-order valence-corrected chi connectivity index (χ4v) is 3.41. The largest absolute Gasteiger partial charge is 0.491 e. The number of hydrogen-bond acceptors (Lipinski definition) is 5. The van der Waals surface area contributed by atoms with Crippen molar-refractivity contribution in [3.63, 3.8) is 0 Å². The summed E-state index contributed by atoms with van der Waals surface area (Å²) in [7, 11) is 0. The van der Waals surface area contributed by atoms with E-state index in [1.165, 1.54) is 0 Å². The topological polar surface area (TPSA) is 116 Å². The second kappa shape index (κ2) is 7.88. The monoisotopic (exact) mass is 436 g/mol. The number of carbonyl (C=O) groups is 1. The van der Waals surface area contributed by atoms with Crippen LogP contribution in [-0.4, -0.2) is 36.8 Å². The molecular formula is C22H21ClN6O2. The van der Waals surface area contributed by atoms with Crippen molar-refractivity contribution in [2.24, 2.45) is 0 Å². The SMILES string of the molecule is CC(C)(C)NC(=O)Nc1nc(-c2ccccc2)c(-c2cc(Cl)c3[nH]ncc3c2)nc1O. The van der Waals surface area contributed by atoms with Crippen LogP contribution in [0.15, 0.2) is 48.7 Å². The van der Waals surface area contributed by atoms with Crippen LogP contribution in [0.4, 0.5) is 10.6 Å². The van der Waals surface area contributed by atoms with Gasteiger partial charge in [0, 0.05) is 22.1 Å². The molecule has 0 unspecified atom stereocenters. The molecule has 2 amide bonds. The van der Waals surface area contributed by atoms with E-state index in [1.54, 1.807) is 12.3 Å². The summed E-state index contributed by atoms with van der Waals surface area (Å²) in [6, 6.07) is 12.5. The van der Waals surface area contributed by atoms with Gasteiger partial charge in [0.2, 0.25) is 0 Å².